The fraction of sp³-hybridized carbons (Fsp3) is 0.444. The van der Waals surface area contributed by atoms with Crippen molar-refractivity contribution in [2.24, 2.45) is 5.73 Å². The summed E-state index contributed by atoms with van der Waals surface area (Å²) in [5.74, 6) is 0.134. The van der Waals surface area contributed by atoms with Crippen molar-refractivity contribution < 1.29 is 10.0 Å². The Bertz CT molecular complexity index is 413. The van der Waals surface area contributed by atoms with E-state index in [2.05, 4.69) is 26.2 Å². The number of nitro groups is 1. The molecule has 8 heteroatoms. The third-order valence-corrected chi connectivity index (χ3v) is 2.59. The van der Waals surface area contributed by atoms with Gasteiger partial charge in [0.25, 0.3) is 0 Å². The molecule has 1 aromatic rings. The van der Waals surface area contributed by atoms with Gasteiger partial charge in [-0.2, -0.15) is 0 Å². The molecule has 1 rings (SSSR count). The number of hydrogen-bond acceptors (Lipinski definition) is 6. The zero-order valence-corrected chi connectivity index (χ0v) is 10.7. The number of nitrogens with zero attached hydrogens (tertiary/aromatic N) is 2. The van der Waals surface area contributed by atoms with Crippen LogP contribution in [-0.2, 0) is 0 Å². The first-order chi connectivity index (χ1) is 7.91. The quantitative estimate of drug-likeness (QED) is 0.549. The van der Waals surface area contributed by atoms with Crippen molar-refractivity contribution in [3.05, 3.63) is 26.9 Å². The average molecular weight is 305 g/mol. The Morgan fingerprint density at radius 2 is 2.41 bits per heavy atom. The number of nitrogens with two attached hydrogens (primary N) is 1. The molecule has 0 bridgehead atoms. The Morgan fingerprint density at radius 1 is 1.76 bits per heavy atom. The first kappa shape index (κ1) is 13.8. The summed E-state index contributed by atoms with van der Waals surface area (Å²) in [6.07, 6.45) is 0.750. The van der Waals surface area contributed by atoms with E-state index >= 15 is 0 Å². The molecule has 7 nitrogen and oxygen atoms in total. The maximum atomic E-state index is 10.8. The largest absolute Gasteiger partial charge is 0.392 e. The number of pyridine rings is 1. The predicted molar refractivity (Wildman–Crippen MR) is 66.7 cm³/mol. The van der Waals surface area contributed by atoms with Crippen LogP contribution in [0.5, 0.6) is 0 Å². The molecule has 0 saturated carbocycles. The van der Waals surface area contributed by atoms with Crippen LogP contribution in [0.1, 0.15) is 6.92 Å². The smallest absolute Gasteiger partial charge is 0.312 e. The number of halogens is 1. The highest BCUT2D eigenvalue weighted by atomic mass is 79.9. The summed E-state index contributed by atoms with van der Waals surface area (Å²) in [7, 11) is 0. The zero-order chi connectivity index (χ0) is 13.0. The molecule has 1 aromatic heterocycles. The summed E-state index contributed by atoms with van der Waals surface area (Å²) in [4.78, 5) is 14.1. The van der Waals surface area contributed by atoms with Crippen LogP contribution in [0.2, 0.25) is 0 Å². The van der Waals surface area contributed by atoms with Crippen molar-refractivity contribution in [1.82, 2.24) is 4.98 Å². The summed E-state index contributed by atoms with van der Waals surface area (Å²) < 4.78 is 0.523. The van der Waals surface area contributed by atoms with E-state index in [4.69, 9.17) is 5.73 Å². The number of rotatable bonds is 5. The number of nitrogens with one attached hydrogen (secondary N) is 1. The molecule has 2 atom stereocenters. The Labute approximate surface area is 106 Å². The van der Waals surface area contributed by atoms with Crippen LogP contribution in [0.3, 0.4) is 0 Å². The third kappa shape index (κ3) is 3.91. The summed E-state index contributed by atoms with van der Waals surface area (Å²) >= 11 is 3.11. The Balaban J connectivity index is 2.80. The van der Waals surface area contributed by atoms with Gasteiger partial charge >= 0.3 is 5.69 Å². The molecule has 1 heterocycles. The Hall–Kier alpha value is -1.25. The van der Waals surface area contributed by atoms with Crippen molar-refractivity contribution in [2.75, 3.05) is 11.9 Å². The zero-order valence-electron chi connectivity index (χ0n) is 9.13. The molecule has 2 unspecified atom stereocenters. The lowest BCUT2D eigenvalue weighted by molar-refractivity contribution is -0.384. The van der Waals surface area contributed by atoms with Crippen LogP contribution < -0.4 is 11.1 Å². The fourth-order valence-electron chi connectivity index (χ4n) is 1.09. The maximum absolute atomic E-state index is 10.8. The van der Waals surface area contributed by atoms with Crippen LogP contribution in [-0.4, -0.2) is 33.7 Å². The fourth-order valence-corrected chi connectivity index (χ4v) is 1.41. The molecule has 0 radical (unpaired) electrons. The molecule has 94 valence electrons. The SMILES string of the molecule is CC(O)C(N)CNc1ncc(Br)cc1[N+](=O)[O-]. The molecule has 0 aliphatic carbocycles. The minimum Gasteiger partial charge on any atom is -0.392 e. The number of aliphatic hydroxyl groups is 1. The second-order valence-electron chi connectivity index (χ2n) is 3.56. The lowest BCUT2D eigenvalue weighted by atomic mass is 10.2. The predicted octanol–water partition coefficient (Wildman–Crippen LogP) is 0.872. The molecular formula is C9H13BrN4O3. The third-order valence-electron chi connectivity index (χ3n) is 2.16. The maximum Gasteiger partial charge on any atom is 0.312 e. The van der Waals surface area contributed by atoms with E-state index < -0.39 is 17.1 Å². The summed E-state index contributed by atoms with van der Waals surface area (Å²) in [5.41, 5.74) is 5.46. The van der Waals surface area contributed by atoms with Gasteiger partial charge in [0.05, 0.1) is 11.0 Å². The average Bonchev–Trinajstić information content (AvgIpc) is 2.26. The molecule has 0 fully saturated rings. The Kier molecular flexibility index (Phi) is 4.79. The molecule has 0 aliphatic rings. The highest BCUT2D eigenvalue weighted by Crippen LogP contribution is 2.25. The first-order valence-corrected chi connectivity index (χ1v) is 5.68. The number of aliphatic hydroxyl groups excluding tert-OH is 1. The van der Waals surface area contributed by atoms with Gasteiger partial charge in [0.2, 0.25) is 5.82 Å². The number of aromatic nitrogens is 1. The van der Waals surface area contributed by atoms with Gasteiger partial charge in [0.1, 0.15) is 0 Å². The van der Waals surface area contributed by atoms with Gasteiger partial charge in [-0.3, -0.25) is 10.1 Å². The van der Waals surface area contributed by atoms with Gasteiger partial charge < -0.3 is 16.2 Å². The van der Waals surface area contributed by atoms with Crippen LogP contribution in [0, 0.1) is 10.1 Å². The van der Waals surface area contributed by atoms with Crippen LogP contribution in [0.4, 0.5) is 11.5 Å². The van der Waals surface area contributed by atoms with Crippen molar-refractivity contribution in [3.63, 3.8) is 0 Å². The highest BCUT2D eigenvalue weighted by Gasteiger charge is 2.17. The minimum absolute atomic E-state index is 0.134. The van der Waals surface area contributed by atoms with E-state index in [-0.39, 0.29) is 18.1 Å². The summed E-state index contributed by atoms with van der Waals surface area (Å²) in [5, 5.41) is 22.7. The standard InChI is InChI=1S/C9H13BrN4O3/c1-5(15)7(11)4-13-9-8(14(16)17)2-6(10)3-12-9/h2-3,5,7,15H,4,11H2,1H3,(H,12,13). The monoisotopic (exact) mass is 304 g/mol. The number of anilines is 1. The molecule has 0 saturated heterocycles. The molecule has 0 amide bonds. The molecule has 0 spiro atoms. The van der Waals surface area contributed by atoms with E-state index in [1.807, 2.05) is 0 Å². The minimum atomic E-state index is -0.697. The van der Waals surface area contributed by atoms with Gasteiger partial charge in [0.15, 0.2) is 0 Å². The van der Waals surface area contributed by atoms with Crippen molar-refractivity contribution in [1.29, 1.82) is 0 Å². The highest BCUT2D eigenvalue weighted by molar-refractivity contribution is 9.10. The normalized spacial score (nSPS) is 14.1. The first-order valence-electron chi connectivity index (χ1n) is 4.89. The van der Waals surface area contributed by atoms with Gasteiger partial charge in [-0.15, -0.1) is 0 Å². The van der Waals surface area contributed by atoms with Gasteiger partial charge in [-0.05, 0) is 22.9 Å². The molecule has 17 heavy (non-hydrogen) atoms. The summed E-state index contributed by atoms with van der Waals surface area (Å²) in [6.45, 7) is 1.75. The Morgan fingerprint density at radius 3 is 2.94 bits per heavy atom. The van der Waals surface area contributed by atoms with Crippen molar-refractivity contribution in [2.45, 2.75) is 19.1 Å². The van der Waals surface area contributed by atoms with Gasteiger partial charge in [-0.25, -0.2) is 4.98 Å². The van der Waals surface area contributed by atoms with E-state index in [9.17, 15) is 15.2 Å². The van der Waals surface area contributed by atoms with Gasteiger partial charge in [0, 0.05) is 29.3 Å². The molecule has 4 N–H and O–H groups in total. The molecular weight excluding hydrogens is 292 g/mol. The van der Waals surface area contributed by atoms with Crippen LogP contribution >= 0.6 is 15.9 Å². The van der Waals surface area contributed by atoms with E-state index in [1.54, 1.807) is 6.92 Å². The van der Waals surface area contributed by atoms with Gasteiger partial charge in [-0.1, -0.05) is 0 Å². The van der Waals surface area contributed by atoms with E-state index in [1.165, 1.54) is 12.3 Å². The second kappa shape index (κ2) is 5.89. The van der Waals surface area contributed by atoms with Crippen molar-refractivity contribution >= 4 is 27.4 Å². The second-order valence-corrected chi connectivity index (χ2v) is 4.48. The number of hydrogen-bond donors (Lipinski definition) is 3. The topological polar surface area (TPSA) is 114 Å². The lowest BCUT2D eigenvalue weighted by Crippen LogP contribution is -2.38. The summed E-state index contributed by atoms with van der Waals surface area (Å²) in [6, 6.07) is 0.837. The lowest BCUT2D eigenvalue weighted by Gasteiger charge is -2.15. The van der Waals surface area contributed by atoms with Crippen LogP contribution in [0.25, 0.3) is 0 Å². The van der Waals surface area contributed by atoms with Crippen LogP contribution in [0.15, 0.2) is 16.7 Å². The molecule has 0 aliphatic heterocycles. The molecule has 0 aromatic carbocycles. The van der Waals surface area contributed by atoms with E-state index in [0.29, 0.717) is 4.47 Å². The van der Waals surface area contributed by atoms with Crippen molar-refractivity contribution in [3.8, 4) is 0 Å². The van der Waals surface area contributed by atoms with E-state index in [0.717, 1.165) is 0 Å².